The minimum absolute atomic E-state index is 0.0256. The number of rotatable bonds is 14. The number of aliphatic hydroxyl groups is 2. The Labute approximate surface area is 271 Å². The molecule has 6 nitrogen and oxygen atoms in total. The molecule has 0 saturated heterocycles. The van der Waals surface area contributed by atoms with Crippen molar-refractivity contribution in [1.29, 1.82) is 0 Å². The van der Waals surface area contributed by atoms with Crippen LogP contribution < -0.4 is 9.47 Å². The van der Waals surface area contributed by atoms with Gasteiger partial charge in [-0.1, -0.05) is 74.9 Å². The number of nitrogens with zero attached hydrogens (tertiary/aromatic N) is 2. The zero-order chi connectivity index (χ0) is 32.2. The van der Waals surface area contributed by atoms with Crippen LogP contribution in [0.5, 0.6) is 11.5 Å². The normalized spacial score (nSPS) is 13.8. The van der Waals surface area contributed by atoms with E-state index in [-0.39, 0.29) is 11.8 Å². The molecule has 0 aliphatic rings. The van der Waals surface area contributed by atoms with Gasteiger partial charge in [-0.05, 0) is 61.4 Å². The highest BCUT2D eigenvalue weighted by molar-refractivity contribution is 6.31. The van der Waals surface area contributed by atoms with Crippen molar-refractivity contribution < 1.29 is 19.7 Å². The van der Waals surface area contributed by atoms with E-state index in [1.54, 1.807) is 26.4 Å². The number of aliphatic hydroxyl groups excluding tert-OH is 2. The molecule has 0 spiro atoms. The summed E-state index contributed by atoms with van der Waals surface area (Å²) in [6.07, 6.45) is 8.22. The lowest BCUT2D eigenvalue weighted by molar-refractivity contribution is 0.125. The summed E-state index contributed by atoms with van der Waals surface area (Å²) in [4.78, 5) is 8.77. The Hall–Kier alpha value is -3.16. The van der Waals surface area contributed by atoms with Crippen molar-refractivity contribution >= 4 is 45.0 Å². The Balaban J connectivity index is 0.000000240. The van der Waals surface area contributed by atoms with Crippen LogP contribution in [-0.2, 0) is 0 Å². The molecule has 0 radical (unpaired) electrons. The fourth-order valence-electron chi connectivity index (χ4n) is 5.11. The number of fused-ring (bicyclic) bond motifs is 2. The quantitative estimate of drug-likeness (QED) is 0.106. The van der Waals surface area contributed by atoms with Gasteiger partial charge < -0.3 is 19.7 Å². The maximum Gasteiger partial charge on any atom is 0.135 e. The molecule has 0 aliphatic carbocycles. The third-order valence-corrected chi connectivity index (χ3v) is 8.45. The average Bonchev–Trinajstić information content (AvgIpc) is 3.04. The van der Waals surface area contributed by atoms with Crippen LogP contribution in [-0.4, -0.2) is 34.4 Å². The van der Waals surface area contributed by atoms with Gasteiger partial charge in [-0.2, -0.15) is 0 Å². The molecule has 0 saturated carbocycles. The summed E-state index contributed by atoms with van der Waals surface area (Å²) in [6.45, 7) is 11.9. The summed E-state index contributed by atoms with van der Waals surface area (Å²) in [7, 11) is 3.25. The Morgan fingerprint density at radius 2 is 1.09 bits per heavy atom. The SMILES string of the molecule is C=C[C@@H](CCCC)[C@@H](O)c1cc2cc(OC)ccc2nc1Cl.C=C[C@H](CCCC)[C@H](O)c1cc2cc(OC)ccc2nc1Cl. The first-order valence-corrected chi connectivity index (χ1v) is 15.9. The van der Waals surface area contributed by atoms with Gasteiger partial charge in [0, 0.05) is 33.7 Å². The fourth-order valence-corrected chi connectivity index (χ4v) is 5.63. The van der Waals surface area contributed by atoms with Gasteiger partial charge in [0.05, 0.1) is 37.5 Å². The molecular formula is C36H44Cl2N2O4. The van der Waals surface area contributed by atoms with Crippen LogP contribution >= 0.6 is 23.2 Å². The molecule has 44 heavy (non-hydrogen) atoms. The largest absolute Gasteiger partial charge is 0.497 e. The van der Waals surface area contributed by atoms with E-state index >= 15 is 0 Å². The summed E-state index contributed by atoms with van der Waals surface area (Å²) in [5.41, 5.74) is 2.85. The first-order chi connectivity index (χ1) is 21.2. The molecule has 8 heteroatoms. The summed E-state index contributed by atoms with van der Waals surface area (Å²) in [5.74, 6) is 1.45. The molecule has 0 amide bonds. The number of hydrogen-bond acceptors (Lipinski definition) is 6. The molecule has 236 valence electrons. The maximum atomic E-state index is 10.6. The molecule has 2 aromatic heterocycles. The number of halogens is 2. The monoisotopic (exact) mass is 638 g/mol. The molecule has 0 fully saturated rings. The third-order valence-electron chi connectivity index (χ3n) is 7.84. The molecule has 0 bridgehead atoms. The summed E-state index contributed by atoms with van der Waals surface area (Å²) in [5, 5.41) is 23.8. The number of hydrogen-bond donors (Lipinski definition) is 2. The van der Waals surface area contributed by atoms with E-state index in [4.69, 9.17) is 32.7 Å². The van der Waals surface area contributed by atoms with Crippen LogP contribution in [0.15, 0.2) is 73.8 Å². The standard InChI is InChI=1S/2C18H22ClNO2/c2*1-4-6-7-12(5-2)17(21)15-11-13-10-14(22-3)8-9-16(13)20-18(15)19/h2*5,8-12,17,21H,2,4,6-7H2,1,3H3/t2*12-,17+/m10/s1. The Morgan fingerprint density at radius 1 is 0.705 bits per heavy atom. The Kier molecular flexibility index (Phi) is 13.9. The highest BCUT2D eigenvalue weighted by Gasteiger charge is 2.23. The summed E-state index contributed by atoms with van der Waals surface area (Å²) in [6, 6.07) is 15.0. The van der Waals surface area contributed by atoms with Gasteiger partial charge in [-0.15, -0.1) is 13.2 Å². The molecule has 0 aliphatic heterocycles. The lowest BCUT2D eigenvalue weighted by Crippen LogP contribution is -2.11. The van der Waals surface area contributed by atoms with Crippen LogP contribution in [0, 0.1) is 11.8 Å². The lowest BCUT2D eigenvalue weighted by atomic mass is 9.91. The van der Waals surface area contributed by atoms with Crippen molar-refractivity contribution in [1.82, 2.24) is 9.97 Å². The number of aromatic nitrogens is 2. The number of ether oxygens (including phenoxy) is 2. The van der Waals surface area contributed by atoms with E-state index in [0.29, 0.717) is 21.4 Å². The number of pyridine rings is 2. The van der Waals surface area contributed by atoms with E-state index in [0.717, 1.165) is 71.8 Å². The second-order valence-corrected chi connectivity index (χ2v) is 11.5. The van der Waals surface area contributed by atoms with Crippen LogP contribution in [0.3, 0.4) is 0 Å². The van der Waals surface area contributed by atoms with Gasteiger partial charge in [0.25, 0.3) is 0 Å². The topological polar surface area (TPSA) is 84.7 Å². The number of benzene rings is 2. The molecule has 2 heterocycles. The first kappa shape index (κ1) is 35.3. The predicted octanol–water partition coefficient (Wildman–Crippen LogP) is 9.85. The van der Waals surface area contributed by atoms with Crippen molar-refractivity contribution in [2.75, 3.05) is 14.2 Å². The van der Waals surface area contributed by atoms with E-state index in [1.807, 2.05) is 48.5 Å². The second-order valence-electron chi connectivity index (χ2n) is 10.8. The zero-order valence-corrected chi connectivity index (χ0v) is 27.6. The smallest absolute Gasteiger partial charge is 0.135 e. The van der Waals surface area contributed by atoms with Gasteiger partial charge in [0.1, 0.15) is 21.8 Å². The molecule has 4 rings (SSSR count). The highest BCUT2D eigenvalue weighted by Crippen LogP contribution is 2.35. The van der Waals surface area contributed by atoms with Crippen LogP contribution in [0.1, 0.15) is 75.7 Å². The number of unbranched alkanes of at least 4 members (excludes halogenated alkanes) is 2. The van der Waals surface area contributed by atoms with E-state index in [1.165, 1.54) is 0 Å². The molecule has 2 aromatic carbocycles. The summed E-state index contributed by atoms with van der Waals surface area (Å²) < 4.78 is 10.5. The predicted molar refractivity (Wildman–Crippen MR) is 183 cm³/mol. The Bertz CT molecular complexity index is 1430. The van der Waals surface area contributed by atoms with E-state index in [2.05, 4.69) is 37.0 Å². The average molecular weight is 640 g/mol. The van der Waals surface area contributed by atoms with Crippen molar-refractivity contribution in [3.8, 4) is 11.5 Å². The number of methoxy groups -OCH3 is 2. The van der Waals surface area contributed by atoms with Crippen molar-refractivity contribution in [2.45, 2.75) is 64.6 Å². The molecular weight excluding hydrogens is 595 g/mol. The van der Waals surface area contributed by atoms with E-state index in [9.17, 15) is 10.2 Å². The molecule has 4 atom stereocenters. The second kappa shape index (κ2) is 17.4. The minimum atomic E-state index is -0.695. The van der Waals surface area contributed by atoms with Gasteiger partial charge in [-0.25, -0.2) is 9.97 Å². The van der Waals surface area contributed by atoms with Gasteiger partial charge in [-0.3, -0.25) is 0 Å². The van der Waals surface area contributed by atoms with Gasteiger partial charge in [0.2, 0.25) is 0 Å². The molecule has 2 N–H and O–H groups in total. The van der Waals surface area contributed by atoms with Gasteiger partial charge >= 0.3 is 0 Å². The van der Waals surface area contributed by atoms with Crippen LogP contribution in [0.4, 0.5) is 0 Å². The Morgan fingerprint density at radius 3 is 1.41 bits per heavy atom. The van der Waals surface area contributed by atoms with Crippen molar-refractivity contribution in [3.05, 3.63) is 95.3 Å². The lowest BCUT2D eigenvalue weighted by Gasteiger charge is -2.21. The zero-order valence-electron chi connectivity index (χ0n) is 26.1. The molecule has 4 aromatic rings. The first-order valence-electron chi connectivity index (χ1n) is 15.1. The third kappa shape index (κ3) is 8.95. The van der Waals surface area contributed by atoms with Crippen molar-refractivity contribution in [2.24, 2.45) is 11.8 Å². The summed E-state index contributed by atoms with van der Waals surface area (Å²) >= 11 is 12.5. The van der Waals surface area contributed by atoms with Gasteiger partial charge in [0.15, 0.2) is 0 Å². The van der Waals surface area contributed by atoms with E-state index < -0.39 is 12.2 Å². The highest BCUT2D eigenvalue weighted by atomic mass is 35.5. The van der Waals surface area contributed by atoms with Crippen LogP contribution in [0.25, 0.3) is 21.8 Å². The van der Waals surface area contributed by atoms with Crippen molar-refractivity contribution in [3.63, 3.8) is 0 Å². The van der Waals surface area contributed by atoms with Crippen LogP contribution in [0.2, 0.25) is 10.3 Å². The molecule has 0 unspecified atom stereocenters. The fraction of sp³-hybridized carbons (Fsp3) is 0.389. The maximum absolute atomic E-state index is 10.6. The minimum Gasteiger partial charge on any atom is -0.497 e.